The van der Waals surface area contributed by atoms with Crippen LogP contribution in [0.3, 0.4) is 0 Å². The maximum atomic E-state index is 5.91. The molecule has 0 atom stereocenters. The van der Waals surface area contributed by atoms with E-state index in [1.54, 1.807) is 0 Å². The molecule has 0 aromatic heterocycles. The van der Waals surface area contributed by atoms with E-state index in [0.29, 0.717) is 19.8 Å². The highest BCUT2D eigenvalue weighted by Crippen LogP contribution is 2.29. The highest BCUT2D eigenvalue weighted by molar-refractivity contribution is 5.70. The van der Waals surface area contributed by atoms with Crippen LogP contribution in [-0.4, -0.2) is 13.2 Å². The van der Waals surface area contributed by atoms with Crippen LogP contribution >= 0.6 is 0 Å². The van der Waals surface area contributed by atoms with Gasteiger partial charge in [0, 0.05) is 12.1 Å². The van der Waals surface area contributed by atoms with Crippen molar-refractivity contribution in [2.24, 2.45) is 5.73 Å². The SMILES string of the molecule is NCc1ccc(OCCOc2ccccc2-c2ccccc2)cc1. The zero-order chi connectivity index (χ0) is 16.6. The summed E-state index contributed by atoms with van der Waals surface area (Å²) in [6, 6.07) is 26.1. The number of rotatable bonds is 7. The van der Waals surface area contributed by atoms with Gasteiger partial charge >= 0.3 is 0 Å². The fourth-order valence-electron chi connectivity index (χ4n) is 2.48. The van der Waals surface area contributed by atoms with Crippen molar-refractivity contribution in [3.63, 3.8) is 0 Å². The first-order chi connectivity index (χ1) is 11.9. The van der Waals surface area contributed by atoms with E-state index in [9.17, 15) is 0 Å². The fraction of sp³-hybridized carbons (Fsp3) is 0.143. The predicted molar refractivity (Wildman–Crippen MR) is 97.2 cm³/mol. The van der Waals surface area contributed by atoms with E-state index in [1.165, 1.54) is 0 Å². The molecular weight excluding hydrogens is 298 g/mol. The number of nitrogens with two attached hydrogens (primary N) is 1. The molecule has 3 rings (SSSR count). The maximum Gasteiger partial charge on any atom is 0.127 e. The molecule has 0 amide bonds. The largest absolute Gasteiger partial charge is 0.490 e. The average Bonchev–Trinajstić information content (AvgIpc) is 2.67. The molecule has 122 valence electrons. The van der Waals surface area contributed by atoms with Gasteiger partial charge in [-0.3, -0.25) is 0 Å². The molecule has 0 unspecified atom stereocenters. The van der Waals surface area contributed by atoms with Crippen molar-refractivity contribution in [2.75, 3.05) is 13.2 Å². The van der Waals surface area contributed by atoms with Gasteiger partial charge < -0.3 is 15.2 Å². The van der Waals surface area contributed by atoms with Crippen molar-refractivity contribution in [3.8, 4) is 22.6 Å². The van der Waals surface area contributed by atoms with Crippen LogP contribution in [0, 0.1) is 0 Å². The lowest BCUT2D eigenvalue weighted by molar-refractivity contribution is 0.217. The summed E-state index contributed by atoms with van der Waals surface area (Å²) in [6.45, 7) is 1.52. The van der Waals surface area contributed by atoms with Crippen LogP contribution in [0.25, 0.3) is 11.1 Å². The summed E-state index contributed by atoms with van der Waals surface area (Å²) >= 11 is 0. The minimum Gasteiger partial charge on any atom is -0.490 e. The number of benzene rings is 3. The summed E-state index contributed by atoms with van der Waals surface area (Å²) in [5.41, 5.74) is 8.91. The molecule has 0 spiro atoms. The third-order valence-corrected chi connectivity index (χ3v) is 3.74. The number of hydrogen-bond donors (Lipinski definition) is 1. The Hall–Kier alpha value is -2.78. The molecule has 2 N–H and O–H groups in total. The third-order valence-electron chi connectivity index (χ3n) is 3.74. The Kier molecular flexibility index (Phi) is 5.48. The topological polar surface area (TPSA) is 44.5 Å². The van der Waals surface area contributed by atoms with Crippen molar-refractivity contribution in [2.45, 2.75) is 6.54 Å². The standard InChI is InChI=1S/C21H21NO2/c22-16-17-10-12-19(13-11-17)23-14-15-24-21-9-5-4-8-20(21)18-6-2-1-3-7-18/h1-13H,14-16,22H2. The molecule has 0 saturated carbocycles. The van der Waals surface area contributed by atoms with E-state index < -0.39 is 0 Å². The second kappa shape index (κ2) is 8.18. The van der Waals surface area contributed by atoms with Gasteiger partial charge in [-0.15, -0.1) is 0 Å². The number of hydrogen-bond acceptors (Lipinski definition) is 3. The second-order valence-electron chi connectivity index (χ2n) is 5.41. The Balaban J connectivity index is 1.57. The Morgan fingerprint density at radius 1 is 0.667 bits per heavy atom. The molecule has 0 fully saturated rings. The normalized spacial score (nSPS) is 10.4. The molecule has 24 heavy (non-hydrogen) atoms. The molecule has 0 bridgehead atoms. The first-order valence-corrected chi connectivity index (χ1v) is 8.06. The van der Waals surface area contributed by atoms with Crippen LogP contribution in [0.15, 0.2) is 78.9 Å². The van der Waals surface area contributed by atoms with Crippen LogP contribution in [0.4, 0.5) is 0 Å². The van der Waals surface area contributed by atoms with Gasteiger partial charge in [0.05, 0.1) is 0 Å². The average molecular weight is 319 g/mol. The summed E-state index contributed by atoms with van der Waals surface area (Å²) in [5, 5.41) is 0. The van der Waals surface area contributed by atoms with Crippen molar-refractivity contribution in [3.05, 3.63) is 84.4 Å². The molecule has 3 aromatic rings. The zero-order valence-electron chi connectivity index (χ0n) is 13.5. The molecule has 0 aliphatic rings. The molecule has 0 aliphatic carbocycles. The highest BCUT2D eigenvalue weighted by atomic mass is 16.5. The summed E-state index contributed by atoms with van der Waals surface area (Å²) in [4.78, 5) is 0. The molecule has 0 heterocycles. The van der Waals surface area contributed by atoms with Crippen molar-refractivity contribution in [1.29, 1.82) is 0 Å². The Morgan fingerprint density at radius 3 is 2.08 bits per heavy atom. The molecule has 3 aromatic carbocycles. The first kappa shape index (κ1) is 16.1. The van der Waals surface area contributed by atoms with E-state index in [0.717, 1.165) is 28.2 Å². The molecule has 3 heteroatoms. The second-order valence-corrected chi connectivity index (χ2v) is 5.41. The third kappa shape index (κ3) is 4.15. The molecule has 0 saturated heterocycles. The minimum atomic E-state index is 0.489. The summed E-state index contributed by atoms with van der Waals surface area (Å²) in [6.07, 6.45) is 0. The summed E-state index contributed by atoms with van der Waals surface area (Å²) in [7, 11) is 0. The smallest absolute Gasteiger partial charge is 0.127 e. The quantitative estimate of drug-likeness (QED) is 0.661. The van der Waals surface area contributed by atoms with Gasteiger partial charge in [0.2, 0.25) is 0 Å². The highest BCUT2D eigenvalue weighted by Gasteiger charge is 2.05. The van der Waals surface area contributed by atoms with E-state index in [4.69, 9.17) is 15.2 Å². The van der Waals surface area contributed by atoms with E-state index >= 15 is 0 Å². The van der Waals surface area contributed by atoms with Gasteiger partial charge in [0.1, 0.15) is 24.7 Å². The van der Waals surface area contributed by atoms with E-state index in [-0.39, 0.29) is 0 Å². The van der Waals surface area contributed by atoms with Crippen molar-refractivity contribution >= 4 is 0 Å². The summed E-state index contributed by atoms with van der Waals surface area (Å²) < 4.78 is 11.6. The first-order valence-electron chi connectivity index (χ1n) is 8.06. The van der Waals surface area contributed by atoms with Crippen LogP contribution in [0.2, 0.25) is 0 Å². The number of ether oxygens (including phenoxy) is 2. The van der Waals surface area contributed by atoms with Gasteiger partial charge in [0.15, 0.2) is 0 Å². The van der Waals surface area contributed by atoms with E-state index in [1.807, 2.05) is 60.7 Å². The predicted octanol–water partition coefficient (Wildman–Crippen LogP) is 4.27. The monoisotopic (exact) mass is 319 g/mol. The van der Waals surface area contributed by atoms with Crippen molar-refractivity contribution in [1.82, 2.24) is 0 Å². The maximum absolute atomic E-state index is 5.91. The van der Waals surface area contributed by atoms with Gasteiger partial charge in [-0.2, -0.15) is 0 Å². The zero-order valence-corrected chi connectivity index (χ0v) is 13.5. The lowest BCUT2D eigenvalue weighted by atomic mass is 10.1. The van der Waals surface area contributed by atoms with Gasteiger partial charge in [-0.25, -0.2) is 0 Å². The fourth-order valence-corrected chi connectivity index (χ4v) is 2.48. The Morgan fingerprint density at radius 2 is 1.33 bits per heavy atom. The molecule has 0 aliphatic heterocycles. The lowest BCUT2D eigenvalue weighted by Gasteiger charge is -2.12. The van der Waals surface area contributed by atoms with Gasteiger partial charge in [-0.1, -0.05) is 60.7 Å². The van der Waals surface area contributed by atoms with Crippen molar-refractivity contribution < 1.29 is 9.47 Å². The van der Waals surface area contributed by atoms with Crippen LogP contribution in [0.1, 0.15) is 5.56 Å². The molecule has 3 nitrogen and oxygen atoms in total. The van der Waals surface area contributed by atoms with Gasteiger partial charge in [-0.05, 0) is 29.3 Å². The van der Waals surface area contributed by atoms with Crippen LogP contribution in [-0.2, 0) is 6.54 Å². The minimum absolute atomic E-state index is 0.489. The van der Waals surface area contributed by atoms with Crippen LogP contribution < -0.4 is 15.2 Å². The summed E-state index contributed by atoms with van der Waals surface area (Å²) in [5.74, 6) is 1.69. The Bertz CT molecular complexity index is 754. The molecule has 0 radical (unpaired) electrons. The lowest BCUT2D eigenvalue weighted by Crippen LogP contribution is -2.09. The van der Waals surface area contributed by atoms with Gasteiger partial charge in [0.25, 0.3) is 0 Å². The number of para-hydroxylation sites is 1. The molecular formula is C21H21NO2. The van der Waals surface area contributed by atoms with E-state index in [2.05, 4.69) is 18.2 Å². The Labute approximate surface area is 142 Å². The van der Waals surface area contributed by atoms with Crippen LogP contribution in [0.5, 0.6) is 11.5 Å².